The van der Waals surface area contributed by atoms with Gasteiger partial charge in [0, 0.05) is 6.20 Å². The van der Waals surface area contributed by atoms with Gasteiger partial charge in [0.15, 0.2) is 18.1 Å². The quantitative estimate of drug-likeness (QED) is 0.488. The van der Waals surface area contributed by atoms with Crippen molar-refractivity contribution in [3.05, 3.63) is 90.4 Å². The number of nitrogens with one attached hydrogen (secondary N) is 1. The highest BCUT2D eigenvalue weighted by molar-refractivity contribution is 5.77. The maximum absolute atomic E-state index is 12.3. The number of hydrogen-bond donors (Lipinski definition) is 1. The predicted octanol–water partition coefficient (Wildman–Crippen LogP) is 3.56. The van der Waals surface area contributed by atoms with E-state index in [4.69, 9.17) is 9.47 Å². The second-order valence-electron chi connectivity index (χ2n) is 6.81. The zero-order valence-electron chi connectivity index (χ0n) is 16.6. The molecule has 0 radical (unpaired) electrons. The molecule has 7 heteroatoms. The maximum atomic E-state index is 12.3. The lowest BCUT2D eigenvalue weighted by Gasteiger charge is -2.13. The minimum atomic E-state index is -0.299. The highest BCUT2D eigenvalue weighted by Crippen LogP contribution is 2.19. The Morgan fingerprint density at radius 2 is 1.63 bits per heavy atom. The summed E-state index contributed by atoms with van der Waals surface area (Å²) in [5, 5.41) is 11.1. The van der Waals surface area contributed by atoms with Gasteiger partial charge in [-0.2, -0.15) is 0 Å². The van der Waals surface area contributed by atoms with Crippen molar-refractivity contribution >= 4 is 11.6 Å². The average Bonchev–Trinajstić information content (AvgIpc) is 3.22. The van der Waals surface area contributed by atoms with E-state index in [1.54, 1.807) is 12.1 Å². The number of carbonyl (C=O) groups is 1. The fraction of sp³-hybridized carbons (Fsp3) is 0.174. The van der Waals surface area contributed by atoms with Gasteiger partial charge >= 0.3 is 0 Å². The number of aromatic nitrogens is 3. The van der Waals surface area contributed by atoms with Crippen molar-refractivity contribution in [2.45, 2.75) is 19.6 Å². The molecular formula is C23H22N4O3. The molecule has 0 bridgehead atoms. The van der Waals surface area contributed by atoms with E-state index in [2.05, 4.69) is 15.5 Å². The summed E-state index contributed by atoms with van der Waals surface area (Å²) in [6.07, 6.45) is 1.87. The summed E-state index contributed by atoms with van der Waals surface area (Å²) in [6.45, 7) is 2.27. The molecule has 0 aliphatic heterocycles. The summed E-state index contributed by atoms with van der Waals surface area (Å²) >= 11 is 0. The zero-order valence-corrected chi connectivity index (χ0v) is 16.6. The second-order valence-corrected chi connectivity index (χ2v) is 6.81. The molecular weight excluding hydrogens is 380 g/mol. The number of fused-ring (bicyclic) bond motifs is 1. The van der Waals surface area contributed by atoms with E-state index in [9.17, 15) is 4.79 Å². The lowest BCUT2D eigenvalue weighted by atomic mass is 10.2. The van der Waals surface area contributed by atoms with E-state index in [0.717, 1.165) is 17.0 Å². The maximum Gasteiger partial charge on any atom is 0.258 e. The molecule has 30 heavy (non-hydrogen) atoms. The van der Waals surface area contributed by atoms with Gasteiger partial charge < -0.3 is 14.8 Å². The first-order valence-electron chi connectivity index (χ1n) is 9.67. The molecule has 0 spiro atoms. The smallest absolute Gasteiger partial charge is 0.258 e. The molecule has 7 nitrogen and oxygen atoms in total. The van der Waals surface area contributed by atoms with Crippen molar-refractivity contribution < 1.29 is 14.3 Å². The van der Waals surface area contributed by atoms with Crippen LogP contribution in [0, 0.1) is 0 Å². The molecule has 4 aromatic rings. The number of hydrogen-bond acceptors (Lipinski definition) is 5. The van der Waals surface area contributed by atoms with E-state index in [0.29, 0.717) is 18.2 Å². The molecule has 1 atom stereocenters. The van der Waals surface area contributed by atoms with Crippen molar-refractivity contribution in [3.8, 4) is 11.5 Å². The molecule has 0 saturated heterocycles. The molecule has 0 aliphatic carbocycles. The van der Waals surface area contributed by atoms with Crippen LogP contribution < -0.4 is 14.8 Å². The van der Waals surface area contributed by atoms with Crippen LogP contribution in [0.2, 0.25) is 0 Å². The summed E-state index contributed by atoms with van der Waals surface area (Å²) in [5.41, 5.74) is 1.84. The second kappa shape index (κ2) is 9.09. The van der Waals surface area contributed by atoms with Crippen LogP contribution in [0.1, 0.15) is 24.4 Å². The molecule has 1 N–H and O–H groups in total. The van der Waals surface area contributed by atoms with Crippen LogP contribution in [0.5, 0.6) is 11.5 Å². The Morgan fingerprint density at radius 3 is 2.40 bits per heavy atom. The fourth-order valence-corrected chi connectivity index (χ4v) is 3.02. The number of nitrogens with zero attached hydrogens (tertiary/aromatic N) is 3. The Hall–Kier alpha value is -3.87. The van der Waals surface area contributed by atoms with Gasteiger partial charge in [-0.3, -0.25) is 9.20 Å². The average molecular weight is 402 g/mol. The molecule has 152 valence electrons. The first-order valence-corrected chi connectivity index (χ1v) is 9.67. The summed E-state index contributed by atoms with van der Waals surface area (Å²) in [4.78, 5) is 12.3. The molecule has 2 aromatic heterocycles. The molecule has 0 fully saturated rings. The van der Waals surface area contributed by atoms with Crippen molar-refractivity contribution in [2.75, 3.05) is 6.61 Å². The van der Waals surface area contributed by atoms with Gasteiger partial charge in [-0.25, -0.2) is 0 Å². The monoisotopic (exact) mass is 402 g/mol. The summed E-state index contributed by atoms with van der Waals surface area (Å²) < 4.78 is 13.2. The molecule has 1 unspecified atom stereocenters. The summed E-state index contributed by atoms with van der Waals surface area (Å²) in [7, 11) is 0. The van der Waals surface area contributed by atoms with Crippen LogP contribution in [-0.4, -0.2) is 27.1 Å². The number of rotatable bonds is 8. The van der Waals surface area contributed by atoms with Gasteiger partial charge in [0.1, 0.15) is 18.1 Å². The number of ether oxygens (including phenoxy) is 2. The third kappa shape index (κ3) is 4.75. The number of amides is 1. The topological polar surface area (TPSA) is 77.8 Å². The van der Waals surface area contributed by atoms with Gasteiger partial charge in [0.2, 0.25) is 0 Å². The van der Waals surface area contributed by atoms with E-state index in [1.165, 1.54) is 0 Å². The Kier molecular flexibility index (Phi) is 5.89. The van der Waals surface area contributed by atoms with E-state index in [1.807, 2.05) is 78.2 Å². The van der Waals surface area contributed by atoms with Crippen LogP contribution in [0.25, 0.3) is 5.65 Å². The number of benzene rings is 2. The first-order chi connectivity index (χ1) is 14.7. The van der Waals surface area contributed by atoms with E-state index >= 15 is 0 Å². The highest BCUT2D eigenvalue weighted by atomic mass is 16.5. The van der Waals surface area contributed by atoms with Crippen LogP contribution in [-0.2, 0) is 11.4 Å². The van der Waals surface area contributed by atoms with Crippen LogP contribution >= 0.6 is 0 Å². The lowest BCUT2D eigenvalue weighted by Crippen LogP contribution is -2.32. The van der Waals surface area contributed by atoms with E-state index < -0.39 is 0 Å². The number of pyridine rings is 1. The standard InChI is InChI=1S/C23H22N4O3/c1-17(23-26-25-21-9-5-6-14-27(21)23)24-22(28)16-30-20-12-10-19(11-13-20)29-15-18-7-3-2-4-8-18/h2-14,17H,15-16H2,1H3,(H,24,28). The summed E-state index contributed by atoms with van der Waals surface area (Å²) in [6, 6.07) is 22.5. The summed E-state index contributed by atoms with van der Waals surface area (Å²) in [5.74, 6) is 1.76. The van der Waals surface area contributed by atoms with E-state index in [-0.39, 0.29) is 18.6 Å². The zero-order chi connectivity index (χ0) is 20.8. The Morgan fingerprint density at radius 1 is 0.933 bits per heavy atom. The van der Waals surface area contributed by atoms with Crippen molar-refractivity contribution in [3.63, 3.8) is 0 Å². The SMILES string of the molecule is CC(NC(=O)COc1ccc(OCc2ccccc2)cc1)c1nnc2ccccn12. The molecule has 0 aliphatic rings. The van der Waals surface area contributed by atoms with Gasteiger partial charge in [-0.1, -0.05) is 36.4 Å². The third-order valence-corrected chi connectivity index (χ3v) is 4.55. The van der Waals surface area contributed by atoms with Crippen LogP contribution in [0.4, 0.5) is 0 Å². The Labute approximate surface area is 174 Å². The third-order valence-electron chi connectivity index (χ3n) is 4.55. The first kappa shape index (κ1) is 19.4. The fourth-order valence-electron chi connectivity index (χ4n) is 3.02. The Bertz CT molecular complexity index is 1110. The lowest BCUT2D eigenvalue weighted by molar-refractivity contribution is -0.123. The molecule has 4 rings (SSSR count). The van der Waals surface area contributed by atoms with Gasteiger partial charge in [0.05, 0.1) is 6.04 Å². The van der Waals surface area contributed by atoms with Crippen LogP contribution in [0.15, 0.2) is 79.0 Å². The highest BCUT2D eigenvalue weighted by Gasteiger charge is 2.16. The molecule has 2 heterocycles. The van der Waals surface area contributed by atoms with Crippen molar-refractivity contribution in [1.29, 1.82) is 0 Å². The van der Waals surface area contributed by atoms with Crippen molar-refractivity contribution in [1.82, 2.24) is 19.9 Å². The largest absolute Gasteiger partial charge is 0.489 e. The molecule has 2 aromatic carbocycles. The minimum absolute atomic E-state index is 0.0920. The van der Waals surface area contributed by atoms with Crippen LogP contribution in [0.3, 0.4) is 0 Å². The van der Waals surface area contributed by atoms with Gasteiger partial charge in [0.25, 0.3) is 5.91 Å². The molecule has 0 saturated carbocycles. The van der Waals surface area contributed by atoms with Crippen molar-refractivity contribution in [2.24, 2.45) is 0 Å². The normalized spacial score (nSPS) is 11.8. The van der Waals surface area contributed by atoms with Gasteiger partial charge in [-0.05, 0) is 48.9 Å². The van der Waals surface area contributed by atoms with Gasteiger partial charge in [-0.15, -0.1) is 10.2 Å². The number of carbonyl (C=O) groups excluding carboxylic acids is 1. The minimum Gasteiger partial charge on any atom is -0.489 e. The molecule has 1 amide bonds. The predicted molar refractivity (Wildman–Crippen MR) is 112 cm³/mol. The Balaban J connectivity index is 1.26.